The Morgan fingerprint density at radius 1 is 1.44 bits per heavy atom. The molecule has 3 rings (SSSR count). The molecule has 0 bridgehead atoms. The first kappa shape index (κ1) is 12.2. The van der Waals surface area contributed by atoms with E-state index in [1.54, 1.807) is 0 Å². The number of ketones is 1. The molecule has 2 aliphatic rings. The molecule has 5 heteroatoms. The van der Waals surface area contributed by atoms with E-state index < -0.39 is 0 Å². The lowest BCUT2D eigenvalue weighted by Crippen LogP contribution is -3.08. The molecule has 0 amide bonds. The second kappa shape index (κ2) is 4.56. The number of benzene rings is 1. The van der Waals surface area contributed by atoms with Gasteiger partial charge in [-0.3, -0.25) is 9.69 Å². The lowest BCUT2D eigenvalue weighted by molar-refractivity contribution is -0.843. The largest absolute Gasteiger partial charge is 1.00 e. The van der Waals surface area contributed by atoms with Crippen LogP contribution in [0.15, 0.2) is 24.3 Å². The maximum atomic E-state index is 12.0. The lowest BCUT2D eigenvalue weighted by atomic mass is 10.1. The Balaban J connectivity index is 0.000000963. The van der Waals surface area contributed by atoms with Crippen molar-refractivity contribution in [3.8, 4) is 0 Å². The number of carbonyl (C=O) groups excluding carboxylic acids is 1. The van der Waals surface area contributed by atoms with Crippen LogP contribution in [-0.2, 0) is 4.74 Å². The number of halogens is 2. The zero-order valence-electron chi connectivity index (χ0n) is 8.45. The molecule has 1 aromatic carbocycles. The number of para-hydroxylation sites is 1. The summed E-state index contributed by atoms with van der Waals surface area (Å²) in [5, 5.41) is 0.794. The zero-order chi connectivity index (χ0) is 10.4. The van der Waals surface area contributed by atoms with Crippen LogP contribution in [0.4, 0.5) is 5.69 Å². The van der Waals surface area contributed by atoms with E-state index in [-0.39, 0.29) is 35.1 Å². The molecule has 3 unspecified atom stereocenters. The molecule has 1 aromatic rings. The normalized spacial score (nSPS) is 30.8. The molecule has 1 fully saturated rings. The van der Waals surface area contributed by atoms with Gasteiger partial charge in [0.1, 0.15) is 18.3 Å². The van der Waals surface area contributed by atoms with Crippen LogP contribution in [0.1, 0.15) is 10.4 Å². The fourth-order valence-electron chi connectivity index (χ4n) is 2.36. The van der Waals surface area contributed by atoms with Gasteiger partial charge in [-0.1, -0.05) is 28.1 Å². The van der Waals surface area contributed by atoms with Crippen LogP contribution in [0.5, 0.6) is 0 Å². The molecular weight excluding hydrogens is 338 g/mol. The Morgan fingerprint density at radius 2 is 2.19 bits per heavy atom. The molecule has 0 aromatic heterocycles. The summed E-state index contributed by atoms with van der Waals surface area (Å²) in [6, 6.07) is 7.78. The van der Waals surface area contributed by atoms with Gasteiger partial charge in [0.15, 0.2) is 0 Å². The average molecular weight is 349 g/mol. The molecular formula is C11H11Br2NO2. The number of carbonyl (C=O) groups is 1. The van der Waals surface area contributed by atoms with Gasteiger partial charge in [0.25, 0.3) is 12.0 Å². The molecule has 86 valence electrons. The quantitative estimate of drug-likeness (QED) is 0.570. The van der Waals surface area contributed by atoms with Gasteiger partial charge < -0.3 is 21.7 Å². The average Bonchev–Trinajstić information content (AvgIpc) is 2.80. The van der Waals surface area contributed by atoms with Gasteiger partial charge in [-0.2, -0.15) is 0 Å². The van der Waals surface area contributed by atoms with E-state index in [2.05, 4.69) is 15.9 Å². The van der Waals surface area contributed by atoms with Crippen molar-refractivity contribution in [2.75, 3.05) is 11.9 Å². The second-order valence-corrected chi connectivity index (χ2v) is 4.58. The molecule has 0 radical (unpaired) electrons. The number of rotatable bonds is 1. The Kier molecular flexibility index (Phi) is 3.49. The number of alkyl halides is 1. The van der Waals surface area contributed by atoms with Crippen LogP contribution in [0.25, 0.3) is 0 Å². The van der Waals surface area contributed by atoms with Crippen molar-refractivity contribution in [3.63, 3.8) is 0 Å². The van der Waals surface area contributed by atoms with E-state index in [1.165, 1.54) is 4.90 Å². The van der Waals surface area contributed by atoms with E-state index in [1.807, 2.05) is 24.3 Å². The molecule has 3 nitrogen and oxygen atoms in total. The van der Waals surface area contributed by atoms with Crippen LogP contribution in [-0.4, -0.2) is 30.0 Å². The van der Waals surface area contributed by atoms with E-state index >= 15 is 0 Å². The molecule has 1 N–H and O–H groups in total. The number of quaternary nitrogens is 1. The molecule has 0 saturated carbocycles. The highest BCUT2D eigenvalue weighted by Crippen LogP contribution is 2.23. The van der Waals surface area contributed by atoms with Gasteiger partial charge in [-0.15, -0.1) is 0 Å². The highest BCUT2D eigenvalue weighted by molar-refractivity contribution is 9.09. The van der Waals surface area contributed by atoms with E-state index in [0.717, 1.165) is 23.1 Å². The topological polar surface area (TPSA) is 30.7 Å². The summed E-state index contributed by atoms with van der Waals surface area (Å²) in [6.07, 6.45) is -0.146. The van der Waals surface area contributed by atoms with Crippen LogP contribution in [0.3, 0.4) is 0 Å². The number of hydrogen-bond donors (Lipinski definition) is 1. The van der Waals surface area contributed by atoms with Gasteiger partial charge in [0.2, 0.25) is 0 Å². The Bertz CT molecular complexity index is 424. The third-order valence-electron chi connectivity index (χ3n) is 3.04. The molecule has 16 heavy (non-hydrogen) atoms. The standard InChI is InChI=1S/C11H10BrNO2.BrH/c12-5-7-6-13-9-4-2-1-3-8(9)10(14)11(13)15-7;/h1-4,7,11H,5-6H2;1H. The summed E-state index contributed by atoms with van der Waals surface area (Å²) < 4.78 is 5.70. The molecule has 0 spiro atoms. The number of ether oxygens (including phenoxy) is 1. The minimum Gasteiger partial charge on any atom is -1.00 e. The van der Waals surface area contributed by atoms with Crippen LogP contribution in [0.2, 0.25) is 0 Å². The molecule has 2 heterocycles. The summed E-state index contributed by atoms with van der Waals surface area (Å²) >= 11 is 3.39. The van der Waals surface area contributed by atoms with Gasteiger partial charge in [-0.05, 0) is 12.1 Å². The fourth-order valence-corrected chi connectivity index (χ4v) is 2.74. The third-order valence-corrected chi connectivity index (χ3v) is 3.76. The third kappa shape index (κ3) is 1.66. The minimum absolute atomic E-state index is 0. The number of hydrogen-bond acceptors (Lipinski definition) is 2. The maximum absolute atomic E-state index is 12.0. The predicted molar refractivity (Wildman–Crippen MR) is 58.7 cm³/mol. The summed E-state index contributed by atoms with van der Waals surface area (Å²) in [7, 11) is 0. The first-order valence-corrected chi connectivity index (χ1v) is 6.14. The summed E-state index contributed by atoms with van der Waals surface area (Å²) in [4.78, 5) is 13.1. The minimum atomic E-state index is -0.301. The van der Waals surface area contributed by atoms with Crippen molar-refractivity contribution in [3.05, 3.63) is 29.8 Å². The monoisotopic (exact) mass is 347 g/mol. The van der Waals surface area contributed by atoms with Crippen molar-refractivity contribution in [1.82, 2.24) is 0 Å². The number of Topliss-reactive ketones (excluding diaryl/α,β-unsaturated/α-hetero) is 1. The number of nitrogens with one attached hydrogen (secondary N) is 1. The molecule has 0 aliphatic carbocycles. The first-order valence-electron chi connectivity index (χ1n) is 5.02. The zero-order valence-corrected chi connectivity index (χ0v) is 11.6. The maximum Gasteiger partial charge on any atom is 0.262 e. The Labute approximate surface area is 113 Å². The molecule has 1 saturated heterocycles. The molecule has 3 atom stereocenters. The van der Waals surface area contributed by atoms with Crippen molar-refractivity contribution in [2.24, 2.45) is 0 Å². The van der Waals surface area contributed by atoms with Gasteiger partial charge in [0.05, 0.1) is 5.56 Å². The first-order chi connectivity index (χ1) is 7.31. The highest BCUT2D eigenvalue weighted by atomic mass is 79.9. The summed E-state index contributed by atoms with van der Waals surface area (Å²) in [5.41, 5.74) is 1.92. The fraction of sp³-hybridized carbons (Fsp3) is 0.364. The van der Waals surface area contributed by atoms with Crippen molar-refractivity contribution in [1.29, 1.82) is 0 Å². The lowest BCUT2D eigenvalue weighted by Gasteiger charge is -2.07. The van der Waals surface area contributed by atoms with Crippen molar-refractivity contribution >= 4 is 27.4 Å². The molecule has 2 aliphatic heterocycles. The van der Waals surface area contributed by atoms with Crippen LogP contribution >= 0.6 is 15.9 Å². The van der Waals surface area contributed by atoms with E-state index in [0.29, 0.717) is 0 Å². The highest BCUT2D eigenvalue weighted by Gasteiger charge is 2.49. The van der Waals surface area contributed by atoms with Crippen molar-refractivity contribution in [2.45, 2.75) is 12.3 Å². The predicted octanol–water partition coefficient (Wildman–Crippen LogP) is -2.48. The smallest absolute Gasteiger partial charge is 0.262 e. The van der Waals surface area contributed by atoms with Crippen LogP contribution < -0.4 is 21.9 Å². The summed E-state index contributed by atoms with van der Waals surface area (Å²) in [6.45, 7) is 0.874. The van der Waals surface area contributed by atoms with Crippen molar-refractivity contribution < 1.29 is 31.4 Å². The Morgan fingerprint density at radius 3 is 2.94 bits per heavy atom. The SMILES string of the molecule is O=C1c2ccccc2[NH+]2CC(CBr)OC12.[Br-]. The number of fused-ring (bicyclic) bond motifs is 3. The second-order valence-electron chi connectivity index (χ2n) is 3.93. The van der Waals surface area contributed by atoms with E-state index in [4.69, 9.17) is 4.74 Å². The van der Waals surface area contributed by atoms with Gasteiger partial charge in [-0.25, -0.2) is 0 Å². The van der Waals surface area contributed by atoms with Gasteiger partial charge in [0, 0.05) is 5.33 Å². The van der Waals surface area contributed by atoms with Gasteiger partial charge >= 0.3 is 0 Å². The van der Waals surface area contributed by atoms with E-state index in [9.17, 15) is 4.79 Å². The summed E-state index contributed by atoms with van der Waals surface area (Å²) in [5.74, 6) is 0.129. The Hall–Kier alpha value is -0.230. The van der Waals surface area contributed by atoms with Crippen LogP contribution in [0, 0.1) is 0 Å².